The third-order valence-electron chi connectivity index (χ3n) is 5.84. The molecule has 34 heavy (non-hydrogen) atoms. The number of sulfone groups is 1. The van der Waals surface area contributed by atoms with Crippen LogP contribution < -0.4 is 27.4 Å². The van der Waals surface area contributed by atoms with Crippen molar-refractivity contribution in [3.05, 3.63) is 36.0 Å². The number of nitrogens with zero attached hydrogens (tertiary/aromatic N) is 1. The second kappa shape index (κ2) is 11.5. The number of hydrogen-bond acceptors (Lipinski definition) is 11. The van der Waals surface area contributed by atoms with Crippen molar-refractivity contribution >= 4 is 21.5 Å². The zero-order valence-corrected chi connectivity index (χ0v) is 20.3. The highest BCUT2D eigenvalue weighted by atomic mass is 32.2. The molecule has 4 atom stereocenters. The maximum Gasteiger partial charge on any atom is 0.198 e. The zero-order valence-electron chi connectivity index (χ0n) is 19.5. The van der Waals surface area contributed by atoms with Crippen LogP contribution in [0.1, 0.15) is 33.1 Å². The third kappa shape index (κ3) is 6.68. The number of aliphatic imine (C=N–C) groups is 1. The number of anilines is 1. The summed E-state index contributed by atoms with van der Waals surface area (Å²) in [6.45, 7) is 4.94. The van der Waals surface area contributed by atoms with Crippen molar-refractivity contribution < 1.29 is 23.4 Å². The summed E-state index contributed by atoms with van der Waals surface area (Å²) < 4.78 is 31.1. The Morgan fingerprint density at radius 2 is 1.82 bits per heavy atom. The number of ether oxygens (including phenoxy) is 1. The van der Waals surface area contributed by atoms with E-state index in [0.717, 1.165) is 0 Å². The zero-order chi connectivity index (χ0) is 24.9. The molecule has 0 amide bonds. The minimum absolute atomic E-state index is 0.254. The van der Waals surface area contributed by atoms with Gasteiger partial charge in [0.25, 0.3) is 0 Å². The Morgan fingerprint density at radius 1 is 1.18 bits per heavy atom. The van der Waals surface area contributed by atoms with E-state index in [2.05, 4.69) is 20.9 Å². The van der Waals surface area contributed by atoms with E-state index in [-0.39, 0.29) is 4.90 Å². The molecule has 2 aliphatic rings. The maximum atomic E-state index is 12.9. The quantitative estimate of drug-likeness (QED) is 0.225. The van der Waals surface area contributed by atoms with Gasteiger partial charge in [0.05, 0.1) is 16.2 Å². The molecule has 1 aromatic carbocycles. The highest BCUT2D eigenvalue weighted by Gasteiger charge is 2.30. The molecule has 0 radical (unpaired) electrons. The highest BCUT2D eigenvalue weighted by Crippen LogP contribution is 2.25. The molecular weight excluding hydrogens is 460 g/mol. The first-order valence-electron chi connectivity index (χ1n) is 11.4. The van der Waals surface area contributed by atoms with Gasteiger partial charge in [-0.1, -0.05) is 13.8 Å². The Morgan fingerprint density at radius 3 is 2.38 bits per heavy atom. The fraction of sp³-hybridized carbons (Fsp3) is 0.591. The molecule has 1 saturated heterocycles. The average Bonchev–Trinajstić information content (AvgIpc) is 2.79. The van der Waals surface area contributed by atoms with E-state index in [9.17, 15) is 18.6 Å². The van der Waals surface area contributed by atoms with E-state index in [1.165, 1.54) is 6.20 Å². The van der Waals surface area contributed by atoms with Gasteiger partial charge in [0, 0.05) is 30.7 Å². The van der Waals surface area contributed by atoms with Crippen LogP contribution in [0.4, 0.5) is 5.69 Å². The van der Waals surface area contributed by atoms with Crippen molar-refractivity contribution in [1.29, 1.82) is 0 Å². The lowest BCUT2D eigenvalue weighted by Gasteiger charge is -2.30. The molecule has 1 fully saturated rings. The molecule has 0 bridgehead atoms. The smallest absolute Gasteiger partial charge is 0.198 e. The summed E-state index contributed by atoms with van der Waals surface area (Å²) in [4.78, 5) is 4.78. The first-order valence-corrected chi connectivity index (χ1v) is 13.0. The van der Waals surface area contributed by atoms with Crippen LogP contribution in [0.5, 0.6) is 0 Å². The minimum Gasteiger partial charge on any atom is -0.381 e. The van der Waals surface area contributed by atoms with E-state index < -0.39 is 39.8 Å². The largest absolute Gasteiger partial charge is 0.381 e. The topological polar surface area (TPSA) is 184 Å². The summed E-state index contributed by atoms with van der Waals surface area (Å²) in [6.07, 6.45) is 0.0480. The van der Waals surface area contributed by atoms with Crippen molar-refractivity contribution in [2.24, 2.45) is 22.4 Å². The summed E-state index contributed by atoms with van der Waals surface area (Å²) in [5, 5.41) is 28.6. The second-order valence-corrected chi connectivity index (χ2v) is 11.2. The van der Waals surface area contributed by atoms with Gasteiger partial charge < -0.3 is 42.4 Å². The van der Waals surface area contributed by atoms with Crippen LogP contribution in [0.2, 0.25) is 0 Å². The Kier molecular flexibility index (Phi) is 8.90. The number of hydrogen-bond donors (Lipinski definition) is 7. The molecule has 1 aromatic rings. The summed E-state index contributed by atoms with van der Waals surface area (Å²) in [6, 6.07) is 6.00. The molecule has 11 nitrogen and oxygen atoms in total. The molecule has 12 heteroatoms. The van der Waals surface area contributed by atoms with Crippen molar-refractivity contribution in [3.63, 3.8) is 0 Å². The van der Waals surface area contributed by atoms with Crippen LogP contribution in [0, 0.1) is 5.92 Å². The monoisotopic (exact) mass is 496 g/mol. The van der Waals surface area contributed by atoms with Crippen molar-refractivity contribution in [2.75, 3.05) is 18.5 Å². The summed E-state index contributed by atoms with van der Waals surface area (Å²) >= 11 is 0. The van der Waals surface area contributed by atoms with Gasteiger partial charge in [-0.15, -0.1) is 0 Å². The predicted octanol–water partition coefficient (Wildman–Crippen LogP) is -0.221. The van der Waals surface area contributed by atoms with Gasteiger partial charge in [0.1, 0.15) is 18.6 Å². The average molecular weight is 497 g/mol. The van der Waals surface area contributed by atoms with Gasteiger partial charge >= 0.3 is 0 Å². The number of nitrogens with one attached hydrogen (secondary N) is 3. The fourth-order valence-corrected chi connectivity index (χ4v) is 5.67. The van der Waals surface area contributed by atoms with Crippen LogP contribution in [0.25, 0.3) is 0 Å². The number of benzene rings is 1. The van der Waals surface area contributed by atoms with Gasteiger partial charge in [0.2, 0.25) is 0 Å². The molecule has 3 rings (SSSR count). The van der Waals surface area contributed by atoms with E-state index in [1.54, 1.807) is 24.3 Å². The lowest BCUT2D eigenvalue weighted by molar-refractivity contribution is 0.0983. The van der Waals surface area contributed by atoms with E-state index >= 15 is 0 Å². The van der Waals surface area contributed by atoms with Gasteiger partial charge in [-0.05, 0) is 49.4 Å². The Hall–Kier alpha value is -2.22. The molecule has 0 spiro atoms. The number of guanidine groups is 1. The van der Waals surface area contributed by atoms with Crippen molar-refractivity contribution in [2.45, 2.75) is 67.9 Å². The van der Waals surface area contributed by atoms with Crippen LogP contribution in [-0.4, -0.2) is 67.7 Å². The lowest BCUT2D eigenvalue weighted by atomic mass is 10.0. The number of nitrogens with two attached hydrogens (primary N) is 2. The van der Waals surface area contributed by atoms with Gasteiger partial charge in [0.15, 0.2) is 15.8 Å². The number of aliphatic hydroxyl groups is 2. The Balaban J connectivity index is 1.75. The SMILES string of the molecule is CC(C)C[C@@H](NC1=NC(Nc2ccc(S(=O)(=O)C3CCOCC3)cc2)C(C(N)O)=CN1)C(N)O. The lowest BCUT2D eigenvalue weighted by Crippen LogP contribution is -2.53. The molecular formula is C22H36N6O5S. The first-order chi connectivity index (χ1) is 16.1. The minimum atomic E-state index is -3.44. The predicted molar refractivity (Wildman–Crippen MR) is 130 cm³/mol. The molecule has 3 unspecified atom stereocenters. The summed E-state index contributed by atoms with van der Waals surface area (Å²) in [5.41, 5.74) is 12.4. The molecule has 9 N–H and O–H groups in total. The van der Waals surface area contributed by atoms with Gasteiger partial charge in [-0.2, -0.15) is 0 Å². The molecule has 2 heterocycles. The molecule has 0 aromatic heterocycles. The summed E-state index contributed by atoms with van der Waals surface area (Å²) in [7, 11) is -3.44. The standard InChI is InChI=1S/C22H36N6O5S/c1-13(2)11-18(20(24)30)27-22-25-12-17(19(23)29)21(28-22)26-14-3-5-15(6-4-14)34(31,32)16-7-9-33-10-8-16/h3-6,12-13,16,18-21,26,29-30H,7-11,23-24H2,1-2H3,(H2,25,27,28)/t18-,19?,20?,21?/m1/s1. The van der Waals surface area contributed by atoms with Crippen molar-refractivity contribution in [3.8, 4) is 0 Å². The molecule has 190 valence electrons. The van der Waals surface area contributed by atoms with E-state index in [1.807, 2.05) is 13.8 Å². The van der Waals surface area contributed by atoms with Gasteiger partial charge in [-0.3, -0.25) is 0 Å². The van der Waals surface area contributed by atoms with E-state index in [0.29, 0.717) is 55.6 Å². The molecule has 2 aliphatic heterocycles. The number of aliphatic hydroxyl groups excluding tert-OH is 2. The second-order valence-electron chi connectivity index (χ2n) is 9.01. The van der Waals surface area contributed by atoms with Crippen LogP contribution in [0.3, 0.4) is 0 Å². The van der Waals surface area contributed by atoms with E-state index in [4.69, 9.17) is 16.2 Å². The normalized spacial score (nSPS) is 22.3. The maximum absolute atomic E-state index is 12.9. The van der Waals surface area contributed by atoms with Crippen LogP contribution >= 0.6 is 0 Å². The molecule has 0 saturated carbocycles. The fourth-order valence-electron chi connectivity index (χ4n) is 3.96. The Labute approximate surface area is 200 Å². The summed E-state index contributed by atoms with van der Waals surface area (Å²) in [5.74, 6) is 0.650. The van der Waals surface area contributed by atoms with Crippen LogP contribution in [-0.2, 0) is 14.6 Å². The first kappa shape index (κ1) is 26.4. The Bertz CT molecular complexity index is 972. The third-order valence-corrected chi connectivity index (χ3v) is 8.12. The highest BCUT2D eigenvalue weighted by molar-refractivity contribution is 7.92. The number of rotatable bonds is 9. The van der Waals surface area contributed by atoms with Crippen LogP contribution in [0.15, 0.2) is 45.9 Å². The van der Waals surface area contributed by atoms with Crippen molar-refractivity contribution in [1.82, 2.24) is 10.6 Å². The molecule has 0 aliphatic carbocycles. The van der Waals surface area contributed by atoms with Gasteiger partial charge in [-0.25, -0.2) is 13.4 Å².